The van der Waals surface area contributed by atoms with Crippen LogP contribution in [0.25, 0.3) is 0 Å². The Morgan fingerprint density at radius 2 is 1.43 bits per heavy atom. The van der Waals surface area contributed by atoms with Crippen molar-refractivity contribution < 1.29 is 5.11 Å². The van der Waals surface area contributed by atoms with Gasteiger partial charge in [0.15, 0.2) is 0 Å². The Hall–Kier alpha value is -0.820. The Kier molecular flexibility index (Phi) is 29.0. The van der Waals surface area contributed by atoms with Gasteiger partial charge in [0.2, 0.25) is 0 Å². The van der Waals surface area contributed by atoms with Gasteiger partial charge in [-0.3, -0.25) is 0 Å². The second-order valence-electron chi connectivity index (χ2n) is 4.77. The lowest BCUT2D eigenvalue weighted by Gasteiger charge is -2.19. The van der Waals surface area contributed by atoms with Gasteiger partial charge >= 0.3 is 0 Å². The zero-order chi connectivity index (χ0) is 17.9. The standard InChI is InChI=1S/C13H22O.C3H8.2C2H6/c1-6-8-11(3)10-12(9-7-2)13(4,5)14;1-3-2;2*1-2/h7,9-10,14H,3,6,8H2,1-2,4-5H3;3H2,1-2H3;2*1-2H3/b9-7-,12-10+;;;. The van der Waals surface area contributed by atoms with Crippen LogP contribution in [-0.4, -0.2) is 10.7 Å². The van der Waals surface area contributed by atoms with Gasteiger partial charge < -0.3 is 5.11 Å². The molecule has 0 radical (unpaired) electrons. The van der Waals surface area contributed by atoms with Gasteiger partial charge in [-0.2, -0.15) is 0 Å². The molecule has 128 valence electrons. The van der Waals surface area contributed by atoms with Crippen LogP contribution in [0.5, 0.6) is 0 Å². The maximum absolute atomic E-state index is 9.86. The first-order valence-electron chi connectivity index (χ1n) is 8.58. The number of hydrogen-bond acceptors (Lipinski definition) is 1. The third kappa shape index (κ3) is 24.6. The van der Waals surface area contributed by atoms with E-state index < -0.39 is 5.60 Å². The molecule has 0 aliphatic heterocycles. The molecule has 0 rings (SSSR count). The van der Waals surface area contributed by atoms with Crippen molar-refractivity contribution in [1.82, 2.24) is 0 Å². The predicted octanol–water partition coefficient (Wildman–Crippen LogP) is 7.08. The molecule has 0 heterocycles. The van der Waals surface area contributed by atoms with Crippen LogP contribution in [0, 0.1) is 0 Å². The van der Waals surface area contributed by atoms with Crippen LogP contribution < -0.4 is 0 Å². The largest absolute Gasteiger partial charge is 0.386 e. The Bertz CT molecular complexity index is 252. The first-order valence-corrected chi connectivity index (χ1v) is 8.58. The Labute approximate surface area is 135 Å². The third-order valence-electron chi connectivity index (χ3n) is 1.98. The molecular weight excluding hydrogens is 256 g/mol. The summed E-state index contributed by atoms with van der Waals surface area (Å²) in [6, 6.07) is 0. The first kappa shape index (κ1) is 28.4. The number of rotatable bonds is 5. The van der Waals surface area contributed by atoms with Crippen molar-refractivity contribution in [2.75, 3.05) is 0 Å². The van der Waals surface area contributed by atoms with Crippen molar-refractivity contribution in [2.24, 2.45) is 0 Å². The predicted molar refractivity (Wildman–Crippen MR) is 102 cm³/mol. The van der Waals surface area contributed by atoms with E-state index in [9.17, 15) is 5.11 Å². The van der Waals surface area contributed by atoms with E-state index >= 15 is 0 Å². The van der Waals surface area contributed by atoms with Gasteiger partial charge in [0, 0.05) is 0 Å². The molecule has 0 aromatic rings. The molecule has 0 bridgehead atoms. The van der Waals surface area contributed by atoms with Crippen molar-refractivity contribution in [3.8, 4) is 0 Å². The summed E-state index contributed by atoms with van der Waals surface area (Å²) in [6.45, 7) is 23.9. The maximum atomic E-state index is 9.86. The van der Waals surface area contributed by atoms with E-state index in [-0.39, 0.29) is 0 Å². The minimum absolute atomic E-state index is 0.789. The molecule has 0 unspecified atom stereocenters. The average Bonchev–Trinajstić information content (AvgIpc) is 2.43. The molecule has 1 N–H and O–H groups in total. The van der Waals surface area contributed by atoms with Crippen LogP contribution in [0.1, 0.15) is 88.5 Å². The zero-order valence-electron chi connectivity index (χ0n) is 16.5. The van der Waals surface area contributed by atoms with Crippen molar-refractivity contribution >= 4 is 0 Å². The van der Waals surface area contributed by atoms with E-state index in [1.54, 1.807) is 13.8 Å². The van der Waals surface area contributed by atoms with Gasteiger partial charge in [-0.15, -0.1) is 0 Å². The summed E-state index contributed by atoms with van der Waals surface area (Å²) in [5.41, 5.74) is 1.20. The molecule has 0 amide bonds. The van der Waals surface area contributed by atoms with E-state index in [0.29, 0.717) is 0 Å². The number of aliphatic hydroxyl groups is 1. The highest BCUT2D eigenvalue weighted by molar-refractivity contribution is 5.33. The molecule has 21 heavy (non-hydrogen) atoms. The number of allylic oxidation sites excluding steroid dienone is 3. The van der Waals surface area contributed by atoms with Crippen molar-refractivity contribution in [3.63, 3.8) is 0 Å². The van der Waals surface area contributed by atoms with Crippen molar-refractivity contribution in [1.29, 1.82) is 0 Å². The van der Waals surface area contributed by atoms with Gasteiger partial charge in [-0.25, -0.2) is 0 Å². The monoisotopic (exact) mass is 298 g/mol. The molecule has 0 saturated carbocycles. The molecular formula is C20H42O. The van der Waals surface area contributed by atoms with Crippen LogP contribution in [0.2, 0.25) is 0 Å². The van der Waals surface area contributed by atoms with Crippen LogP contribution in [0.15, 0.2) is 36.0 Å². The fourth-order valence-electron chi connectivity index (χ4n) is 1.22. The molecule has 0 aliphatic rings. The molecule has 0 fully saturated rings. The quantitative estimate of drug-likeness (QED) is 0.537. The van der Waals surface area contributed by atoms with Crippen LogP contribution in [0.4, 0.5) is 0 Å². The van der Waals surface area contributed by atoms with E-state index in [0.717, 1.165) is 24.0 Å². The summed E-state index contributed by atoms with van der Waals surface area (Å²) < 4.78 is 0. The Morgan fingerprint density at radius 3 is 1.67 bits per heavy atom. The van der Waals surface area contributed by atoms with Crippen LogP contribution in [0.3, 0.4) is 0 Å². The lowest BCUT2D eigenvalue weighted by Crippen LogP contribution is -2.20. The third-order valence-corrected chi connectivity index (χ3v) is 1.98. The topological polar surface area (TPSA) is 20.2 Å². The van der Waals surface area contributed by atoms with E-state index in [1.807, 2.05) is 52.8 Å². The van der Waals surface area contributed by atoms with E-state index in [1.165, 1.54) is 6.42 Å². The summed E-state index contributed by atoms with van der Waals surface area (Å²) in [7, 11) is 0. The fourth-order valence-corrected chi connectivity index (χ4v) is 1.22. The number of hydrogen-bond donors (Lipinski definition) is 1. The normalized spacial score (nSPS) is 10.5. The molecule has 0 aliphatic carbocycles. The van der Waals surface area contributed by atoms with E-state index in [2.05, 4.69) is 27.4 Å². The lowest BCUT2D eigenvalue weighted by molar-refractivity contribution is 0.123. The van der Waals surface area contributed by atoms with Gasteiger partial charge in [0.1, 0.15) is 0 Å². The zero-order valence-corrected chi connectivity index (χ0v) is 16.5. The summed E-state index contributed by atoms with van der Waals surface area (Å²) in [5.74, 6) is 0. The summed E-state index contributed by atoms with van der Waals surface area (Å²) >= 11 is 0. The van der Waals surface area contributed by atoms with E-state index in [4.69, 9.17) is 0 Å². The highest BCUT2D eigenvalue weighted by atomic mass is 16.3. The molecule has 0 spiro atoms. The SMILES string of the molecule is C=C(/C=C(\C=C/C)C(C)(C)O)CCC.CC.CC.CCC. The van der Waals surface area contributed by atoms with Crippen molar-refractivity contribution in [3.05, 3.63) is 36.0 Å². The molecule has 0 aromatic carbocycles. The maximum Gasteiger partial charge on any atom is 0.0840 e. The molecule has 1 heteroatoms. The highest BCUT2D eigenvalue weighted by Crippen LogP contribution is 2.19. The fraction of sp³-hybridized carbons (Fsp3) is 0.700. The van der Waals surface area contributed by atoms with Crippen LogP contribution >= 0.6 is 0 Å². The van der Waals surface area contributed by atoms with Gasteiger partial charge in [-0.05, 0) is 32.8 Å². The molecule has 1 nitrogen and oxygen atoms in total. The smallest absolute Gasteiger partial charge is 0.0840 e. The Balaban J connectivity index is -0.000000176. The van der Waals surface area contributed by atoms with Gasteiger partial charge in [0.05, 0.1) is 5.60 Å². The first-order chi connectivity index (χ1) is 9.83. The summed E-state index contributed by atoms with van der Waals surface area (Å²) in [6.07, 6.45) is 9.16. The van der Waals surface area contributed by atoms with Crippen LogP contribution in [-0.2, 0) is 0 Å². The molecule has 0 aromatic heterocycles. The lowest BCUT2D eigenvalue weighted by atomic mass is 9.95. The highest BCUT2D eigenvalue weighted by Gasteiger charge is 2.16. The molecule has 0 saturated heterocycles. The van der Waals surface area contributed by atoms with Crippen molar-refractivity contribution in [2.45, 2.75) is 94.1 Å². The second-order valence-corrected chi connectivity index (χ2v) is 4.77. The van der Waals surface area contributed by atoms with Gasteiger partial charge in [-0.1, -0.05) is 91.7 Å². The summed E-state index contributed by atoms with van der Waals surface area (Å²) in [4.78, 5) is 0. The summed E-state index contributed by atoms with van der Waals surface area (Å²) in [5, 5.41) is 9.86. The minimum atomic E-state index is -0.789. The van der Waals surface area contributed by atoms with Gasteiger partial charge in [0.25, 0.3) is 0 Å². The second kappa shape index (κ2) is 21.5. The minimum Gasteiger partial charge on any atom is -0.386 e. The average molecular weight is 299 g/mol. The Morgan fingerprint density at radius 1 is 1.05 bits per heavy atom. The molecule has 0 atom stereocenters.